The summed E-state index contributed by atoms with van der Waals surface area (Å²) in [5, 5.41) is 16.5. The van der Waals surface area contributed by atoms with Crippen LogP contribution in [0.25, 0.3) is 0 Å². The normalized spacial score (nSPS) is 10.4. The lowest BCUT2D eigenvalue weighted by molar-refractivity contribution is -0.387. The van der Waals surface area contributed by atoms with Crippen LogP contribution in [0.2, 0.25) is 10.0 Å². The summed E-state index contributed by atoms with van der Waals surface area (Å²) in [6.45, 7) is 0. The number of ether oxygens (including phenoxy) is 1. The number of nitro benzene ring substituents is 1. The van der Waals surface area contributed by atoms with E-state index in [2.05, 4.69) is 10.6 Å². The highest BCUT2D eigenvalue weighted by Crippen LogP contribution is 2.27. The van der Waals surface area contributed by atoms with Crippen molar-refractivity contribution in [2.24, 2.45) is 0 Å². The highest BCUT2D eigenvalue weighted by molar-refractivity contribution is 6.36. The second-order valence-corrected chi connectivity index (χ2v) is 7.55. The lowest BCUT2D eigenvalue weighted by Gasteiger charge is -2.13. The van der Waals surface area contributed by atoms with E-state index in [9.17, 15) is 28.9 Å². The fourth-order valence-electron chi connectivity index (χ4n) is 2.85. The van der Waals surface area contributed by atoms with Gasteiger partial charge in [0.2, 0.25) is 5.82 Å². The van der Waals surface area contributed by atoms with Crippen molar-refractivity contribution >= 4 is 58.0 Å². The fourth-order valence-corrected chi connectivity index (χ4v) is 3.19. The smallest absolute Gasteiger partial charge is 0.339 e. The van der Waals surface area contributed by atoms with Gasteiger partial charge in [0.05, 0.1) is 34.0 Å². The molecule has 0 bridgehead atoms. The van der Waals surface area contributed by atoms with Crippen LogP contribution >= 0.6 is 23.2 Å². The van der Waals surface area contributed by atoms with Crippen LogP contribution in [0, 0.1) is 15.9 Å². The molecule has 0 fully saturated rings. The molecule has 2 N–H and O–H groups in total. The van der Waals surface area contributed by atoms with E-state index in [1.54, 1.807) is 0 Å². The SMILES string of the molecule is COC(=O)c1ccc(C(=O)Nc2cc(Cl)ccc2Cl)cc1NC(=O)c1ccc(F)c([N+](=O)[O-])c1. The molecule has 0 unspecified atom stereocenters. The Hall–Kier alpha value is -4.02. The lowest BCUT2D eigenvalue weighted by atomic mass is 10.1. The maximum absolute atomic E-state index is 13.6. The zero-order valence-electron chi connectivity index (χ0n) is 17.2. The minimum atomic E-state index is -1.12. The van der Waals surface area contributed by atoms with Crippen LogP contribution in [-0.4, -0.2) is 29.8 Å². The van der Waals surface area contributed by atoms with Crippen molar-refractivity contribution in [1.29, 1.82) is 0 Å². The van der Waals surface area contributed by atoms with Crippen molar-refractivity contribution in [2.75, 3.05) is 17.7 Å². The van der Waals surface area contributed by atoms with E-state index in [0.29, 0.717) is 5.02 Å². The van der Waals surface area contributed by atoms with Crippen molar-refractivity contribution in [3.05, 3.63) is 97.3 Å². The minimum absolute atomic E-state index is 0.0316. The Balaban J connectivity index is 1.94. The van der Waals surface area contributed by atoms with Gasteiger partial charge in [-0.3, -0.25) is 19.7 Å². The van der Waals surface area contributed by atoms with Gasteiger partial charge < -0.3 is 15.4 Å². The Morgan fingerprint density at radius 1 is 0.912 bits per heavy atom. The molecule has 3 rings (SSSR count). The number of esters is 1. The number of carbonyl (C=O) groups excluding carboxylic acids is 3. The summed E-state index contributed by atoms with van der Waals surface area (Å²) in [4.78, 5) is 47.5. The number of nitro groups is 1. The van der Waals surface area contributed by atoms with Crippen LogP contribution in [0.4, 0.5) is 21.5 Å². The summed E-state index contributed by atoms with van der Waals surface area (Å²) in [6.07, 6.45) is 0. The van der Waals surface area contributed by atoms with E-state index >= 15 is 0 Å². The average Bonchev–Trinajstić information content (AvgIpc) is 2.80. The van der Waals surface area contributed by atoms with Crippen LogP contribution in [0.1, 0.15) is 31.1 Å². The molecule has 3 aromatic carbocycles. The van der Waals surface area contributed by atoms with E-state index in [1.165, 1.54) is 36.4 Å². The Morgan fingerprint density at radius 3 is 2.18 bits per heavy atom. The molecule has 0 saturated heterocycles. The largest absolute Gasteiger partial charge is 0.465 e. The van der Waals surface area contributed by atoms with Gasteiger partial charge in [-0.1, -0.05) is 23.2 Å². The number of rotatable bonds is 6. The average molecular weight is 506 g/mol. The van der Waals surface area contributed by atoms with E-state index in [0.717, 1.165) is 25.3 Å². The zero-order valence-corrected chi connectivity index (χ0v) is 18.7. The van der Waals surface area contributed by atoms with E-state index in [-0.39, 0.29) is 33.1 Å². The van der Waals surface area contributed by atoms with Gasteiger partial charge in [0, 0.05) is 22.2 Å². The molecule has 9 nitrogen and oxygen atoms in total. The Kier molecular flexibility index (Phi) is 7.44. The third-order valence-corrected chi connectivity index (χ3v) is 5.08. The molecule has 0 heterocycles. The third kappa shape index (κ3) is 5.48. The van der Waals surface area contributed by atoms with Gasteiger partial charge in [0.1, 0.15) is 0 Å². The van der Waals surface area contributed by atoms with Crippen LogP contribution in [0.15, 0.2) is 54.6 Å². The summed E-state index contributed by atoms with van der Waals surface area (Å²) < 4.78 is 18.3. The van der Waals surface area contributed by atoms with Crippen molar-refractivity contribution in [2.45, 2.75) is 0 Å². The second-order valence-electron chi connectivity index (χ2n) is 6.71. The first-order valence-electron chi connectivity index (χ1n) is 9.34. The first kappa shape index (κ1) is 24.6. The molecule has 2 amide bonds. The van der Waals surface area contributed by atoms with Gasteiger partial charge in [-0.05, 0) is 48.5 Å². The van der Waals surface area contributed by atoms with Crippen LogP contribution in [0.5, 0.6) is 0 Å². The molecule has 174 valence electrons. The standard InChI is InChI=1S/C22H14Cl2FN3O6/c1-34-22(31)14-5-2-11(20(29)27-18-10-13(23)4-6-15(18)24)8-17(14)26-21(30)12-3-7-16(25)19(9-12)28(32)33/h2-10H,1H3,(H,26,30)(H,27,29). The number of nitrogens with one attached hydrogen (secondary N) is 2. The summed E-state index contributed by atoms with van der Waals surface area (Å²) in [5.41, 5.74) is -1.08. The minimum Gasteiger partial charge on any atom is -0.465 e. The van der Waals surface area contributed by atoms with Gasteiger partial charge >= 0.3 is 11.7 Å². The lowest BCUT2D eigenvalue weighted by Crippen LogP contribution is -2.18. The molecule has 0 aliphatic rings. The van der Waals surface area contributed by atoms with Crippen LogP contribution < -0.4 is 10.6 Å². The van der Waals surface area contributed by atoms with E-state index in [4.69, 9.17) is 27.9 Å². The molecular weight excluding hydrogens is 492 g/mol. The van der Waals surface area contributed by atoms with Gasteiger partial charge in [0.15, 0.2) is 0 Å². The first-order valence-corrected chi connectivity index (χ1v) is 10.1. The number of amides is 2. The highest BCUT2D eigenvalue weighted by Gasteiger charge is 2.21. The molecular formula is C22H14Cl2FN3O6. The van der Waals surface area contributed by atoms with Crippen molar-refractivity contribution in [3.63, 3.8) is 0 Å². The Bertz CT molecular complexity index is 1330. The fraction of sp³-hybridized carbons (Fsp3) is 0.0455. The monoisotopic (exact) mass is 505 g/mol. The highest BCUT2D eigenvalue weighted by atomic mass is 35.5. The molecule has 0 aliphatic carbocycles. The van der Waals surface area contributed by atoms with Gasteiger partial charge in [0.25, 0.3) is 11.8 Å². The maximum Gasteiger partial charge on any atom is 0.339 e. The predicted molar refractivity (Wildman–Crippen MR) is 123 cm³/mol. The quantitative estimate of drug-likeness (QED) is 0.264. The number of anilines is 2. The topological polar surface area (TPSA) is 128 Å². The molecule has 0 aliphatic heterocycles. The van der Waals surface area contributed by atoms with Crippen LogP contribution in [-0.2, 0) is 4.74 Å². The first-order chi connectivity index (χ1) is 16.1. The number of nitrogens with zero attached hydrogens (tertiary/aromatic N) is 1. The number of carbonyl (C=O) groups is 3. The number of hydrogen-bond donors (Lipinski definition) is 2. The molecule has 0 aromatic heterocycles. The predicted octanol–water partition coefficient (Wildman–Crippen LogP) is 5.33. The summed E-state index contributed by atoms with van der Waals surface area (Å²) >= 11 is 12.0. The summed E-state index contributed by atoms with van der Waals surface area (Å²) in [5.74, 6) is -3.45. The molecule has 0 radical (unpaired) electrons. The molecule has 34 heavy (non-hydrogen) atoms. The summed E-state index contributed by atoms with van der Waals surface area (Å²) in [6, 6.07) is 10.8. The van der Waals surface area contributed by atoms with Crippen LogP contribution in [0.3, 0.4) is 0 Å². The Labute approximate surface area is 201 Å². The number of benzene rings is 3. The van der Waals surface area contributed by atoms with Crippen molar-refractivity contribution in [3.8, 4) is 0 Å². The molecule has 0 spiro atoms. The number of hydrogen-bond acceptors (Lipinski definition) is 6. The summed E-state index contributed by atoms with van der Waals surface area (Å²) in [7, 11) is 1.12. The Morgan fingerprint density at radius 2 is 1.53 bits per heavy atom. The number of halogens is 3. The molecule has 0 saturated carbocycles. The molecule has 12 heteroatoms. The van der Waals surface area contributed by atoms with Gasteiger partial charge in [-0.2, -0.15) is 4.39 Å². The second kappa shape index (κ2) is 10.3. The van der Waals surface area contributed by atoms with E-state index in [1.807, 2.05) is 0 Å². The molecule has 0 atom stereocenters. The van der Waals surface area contributed by atoms with Gasteiger partial charge in [-0.15, -0.1) is 0 Å². The van der Waals surface area contributed by atoms with Gasteiger partial charge in [-0.25, -0.2) is 4.79 Å². The third-order valence-electron chi connectivity index (χ3n) is 4.52. The molecule has 3 aromatic rings. The van der Waals surface area contributed by atoms with E-state index < -0.39 is 34.2 Å². The van der Waals surface area contributed by atoms with Crippen molar-refractivity contribution < 1.29 is 28.4 Å². The van der Waals surface area contributed by atoms with Crippen molar-refractivity contribution in [1.82, 2.24) is 0 Å². The zero-order chi connectivity index (χ0) is 25.0. The number of methoxy groups -OCH3 is 1. The maximum atomic E-state index is 13.6.